The number of hydrogen-bond acceptors (Lipinski definition) is 4. The van der Waals surface area contributed by atoms with Crippen LogP contribution in [-0.4, -0.2) is 28.8 Å². The Kier molecular flexibility index (Phi) is 5.70. The molecule has 0 aliphatic heterocycles. The second-order valence-corrected chi connectivity index (χ2v) is 3.98. The molecular formula is C6H17NO3Si. The lowest BCUT2D eigenvalue weighted by Crippen LogP contribution is -2.55. The van der Waals surface area contributed by atoms with E-state index in [1.54, 1.807) is 0 Å². The molecule has 0 spiro atoms. The van der Waals surface area contributed by atoms with Crippen LogP contribution in [0.2, 0.25) is 0 Å². The summed E-state index contributed by atoms with van der Waals surface area (Å²) in [7, 11) is -2.75. The quantitative estimate of drug-likeness (QED) is 0.603. The monoisotopic (exact) mass is 179 g/mol. The van der Waals surface area contributed by atoms with E-state index in [1.165, 1.54) is 0 Å². The zero-order chi connectivity index (χ0) is 8.74. The van der Waals surface area contributed by atoms with Crippen molar-refractivity contribution in [2.24, 2.45) is 5.40 Å². The average molecular weight is 179 g/mol. The highest BCUT2D eigenvalue weighted by Crippen LogP contribution is 2.00. The molecule has 0 saturated heterocycles. The lowest BCUT2D eigenvalue weighted by molar-refractivity contribution is 0.0723. The van der Waals surface area contributed by atoms with Crippen molar-refractivity contribution in [1.29, 1.82) is 0 Å². The zero-order valence-corrected chi connectivity index (χ0v) is 8.42. The Bertz CT molecular complexity index is 84.8. The highest BCUT2D eigenvalue weighted by molar-refractivity contribution is 6.56. The molecule has 0 radical (unpaired) electrons. The summed E-state index contributed by atoms with van der Waals surface area (Å²) in [5.74, 6) is 0. The summed E-state index contributed by atoms with van der Waals surface area (Å²) in [5, 5.41) is 5.70. The molecule has 0 fully saturated rings. The normalized spacial score (nSPS) is 12.0. The third-order valence-electron chi connectivity index (χ3n) is 1.04. The van der Waals surface area contributed by atoms with Crippen molar-refractivity contribution in [2.75, 3.05) is 19.8 Å². The van der Waals surface area contributed by atoms with Crippen LogP contribution in [0.1, 0.15) is 20.8 Å². The summed E-state index contributed by atoms with van der Waals surface area (Å²) >= 11 is 0. The van der Waals surface area contributed by atoms with Crippen molar-refractivity contribution in [2.45, 2.75) is 20.8 Å². The first-order valence-electron chi connectivity index (χ1n) is 3.89. The molecule has 0 atom stereocenters. The Hall–Kier alpha value is 0.0569. The van der Waals surface area contributed by atoms with Gasteiger partial charge in [0, 0.05) is 19.8 Å². The van der Waals surface area contributed by atoms with Crippen LogP contribution in [0.15, 0.2) is 0 Å². The van der Waals surface area contributed by atoms with Gasteiger partial charge in [-0.05, 0) is 20.8 Å². The maximum atomic E-state index is 5.70. The van der Waals surface area contributed by atoms with E-state index in [-0.39, 0.29) is 0 Å². The smallest absolute Gasteiger partial charge is 0.362 e. The molecule has 0 aromatic heterocycles. The van der Waals surface area contributed by atoms with Crippen molar-refractivity contribution in [1.82, 2.24) is 0 Å². The minimum absolute atomic E-state index is 0.530. The first kappa shape index (κ1) is 11.1. The van der Waals surface area contributed by atoms with Gasteiger partial charge in [0.25, 0.3) is 0 Å². The molecule has 0 aliphatic rings. The molecule has 0 amide bonds. The summed E-state index contributed by atoms with van der Waals surface area (Å²) in [6, 6.07) is 0. The maximum Gasteiger partial charge on any atom is 0.594 e. The van der Waals surface area contributed by atoms with E-state index in [2.05, 4.69) is 0 Å². The van der Waals surface area contributed by atoms with Gasteiger partial charge in [-0.1, -0.05) is 0 Å². The Labute approximate surface area is 69.1 Å². The van der Waals surface area contributed by atoms with Gasteiger partial charge in [0.15, 0.2) is 0 Å². The van der Waals surface area contributed by atoms with Crippen molar-refractivity contribution in [3.8, 4) is 0 Å². The van der Waals surface area contributed by atoms with Crippen LogP contribution in [0.25, 0.3) is 0 Å². The lowest BCUT2D eigenvalue weighted by atomic mass is 10.9. The molecule has 2 N–H and O–H groups in total. The molecule has 0 aromatic carbocycles. The minimum Gasteiger partial charge on any atom is -0.362 e. The molecule has 0 rings (SSSR count). The van der Waals surface area contributed by atoms with Gasteiger partial charge in [-0.2, -0.15) is 0 Å². The maximum absolute atomic E-state index is 5.70. The molecule has 0 aliphatic carbocycles. The fourth-order valence-electron chi connectivity index (χ4n) is 0.729. The van der Waals surface area contributed by atoms with E-state index in [1.807, 2.05) is 20.8 Å². The van der Waals surface area contributed by atoms with E-state index in [4.69, 9.17) is 18.7 Å². The Morgan fingerprint density at radius 3 is 1.36 bits per heavy atom. The molecule has 0 aromatic rings. The van der Waals surface area contributed by atoms with Crippen LogP contribution in [0.3, 0.4) is 0 Å². The molecule has 68 valence electrons. The van der Waals surface area contributed by atoms with Gasteiger partial charge in [-0.3, -0.25) is 5.40 Å². The first-order valence-corrected chi connectivity index (χ1v) is 5.69. The van der Waals surface area contributed by atoms with Crippen molar-refractivity contribution < 1.29 is 13.3 Å². The van der Waals surface area contributed by atoms with Gasteiger partial charge in [0.05, 0.1) is 0 Å². The minimum atomic E-state index is -2.75. The van der Waals surface area contributed by atoms with Crippen molar-refractivity contribution in [3.05, 3.63) is 0 Å². The SMILES string of the molecule is CCO[Si](N)(OCC)OCC. The second-order valence-electron chi connectivity index (χ2n) is 1.90. The summed E-state index contributed by atoms with van der Waals surface area (Å²) in [6.07, 6.45) is 0. The molecule has 0 saturated carbocycles. The Morgan fingerprint density at radius 1 is 0.909 bits per heavy atom. The second kappa shape index (κ2) is 5.67. The molecule has 0 bridgehead atoms. The predicted molar refractivity (Wildman–Crippen MR) is 44.8 cm³/mol. The summed E-state index contributed by atoms with van der Waals surface area (Å²) in [5.41, 5.74) is 0. The van der Waals surface area contributed by atoms with Crippen LogP contribution >= 0.6 is 0 Å². The van der Waals surface area contributed by atoms with E-state index >= 15 is 0 Å². The summed E-state index contributed by atoms with van der Waals surface area (Å²) < 4.78 is 15.5. The molecule has 5 heteroatoms. The standard InChI is InChI=1S/C6H17NO3Si/c1-4-8-11(7,9-5-2)10-6-3/h4-7H2,1-3H3. The number of rotatable bonds is 6. The number of nitrogens with two attached hydrogens (primary N) is 1. The predicted octanol–water partition coefficient (Wildman–Crippen LogP) is 0.490. The summed E-state index contributed by atoms with van der Waals surface area (Å²) in [6.45, 7) is 7.19. The van der Waals surface area contributed by atoms with Crippen LogP contribution in [-0.2, 0) is 13.3 Å². The first-order chi connectivity index (χ1) is 5.18. The van der Waals surface area contributed by atoms with Crippen LogP contribution in [0, 0.1) is 0 Å². The van der Waals surface area contributed by atoms with Gasteiger partial charge in [0.2, 0.25) is 0 Å². The molecule has 0 heterocycles. The molecule has 11 heavy (non-hydrogen) atoms. The van der Waals surface area contributed by atoms with Crippen LogP contribution in [0.4, 0.5) is 0 Å². The fraction of sp³-hybridized carbons (Fsp3) is 1.00. The molecule has 0 unspecified atom stereocenters. The third kappa shape index (κ3) is 4.49. The third-order valence-corrected chi connectivity index (χ3v) is 3.11. The van der Waals surface area contributed by atoms with Crippen LogP contribution < -0.4 is 5.40 Å². The van der Waals surface area contributed by atoms with Gasteiger partial charge in [-0.25, -0.2) is 0 Å². The lowest BCUT2D eigenvalue weighted by Gasteiger charge is -2.22. The summed E-state index contributed by atoms with van der Waals surface area (Å²) in [4.78, 5) is 0. The van der Waals surface area contributed by atoms with E-state index < -0.39 is 8.97 Å². The Morgan fingerprint density at radius 2 is 1.18 bits per heavy atom. The van der Waals surface area contributed by atoms with E-state index in [0.29, 0.717) is 19.8 Å². The van der Waals surface area contributed by atoms with Crippen molar-refractivity contribution in [3.63, 3.8) is 0 Å². The fourth-order valence-corrected chi connectivity index (χ4v) is 2.19. The van der Waals surface area contributed by atoms with Crippen molar-refractivity contribution >= 4 is 8.97 Å². The van der Waals surface area contributed by atoms with E-state index in [0.717, 1.165) is 0 Å². The largest absolute Gasteiger partial charge is 0.594 e. The zero-order valence-electron chi connectivity index (χ0n) is 7.42. The molecular weight excluding hydrogens is 162 g/mol. The van der Waals surface area contributed by atoms with Gasteiger partial charge in [0.1, 0.15) is 0 Å². The topological polar surface area (TPSA) is 53.7 Å². The number of hydrogen-bond donors (Lipinski definition) is 1. The Balaban J connectivity index is 3.79. The highest BCUT2D eigenvalue weighted by atomic mass is 28.4. The van der Waals surface area contributed by atoms with E-state index in [9.17, 15) is 0 Å². The van der Waals surface area contributed by atoms with Gasteiger partial charge >= 0.3 is 8.97 Å². The average Bonchev–Trinajstić information content (AvgIpc) is 1.88. The molecule has 4 nitrogen and oxygen atoms in total. The highest BCUT2D eigenvalue weighted by Gasteiger charge is 2.35. The van der Waals surface area contributed by atoms with Gasteiger partial charge in [-0.15, -0.1) is 0 Å². The van der Waals surface area contributed by atoms with Gasteiger partial charge < -0.3 is 13.3 Å². The van der Waals surface area contributed by atoms with Crippen LogP contribution in [0.5, 0.6) is 0 Å².